The maximum atomic E-state index is 12.2. The largest absolute Gasteiger partial charge is 0.466 e. The maximum Gasteiger partial charge on any atom is 0.339 e. The molecule has 1 aromatic rings. The summed E-state index contributed by atoms with van der Waals surface area (Å²) in [5.74, 6) is -1.22. The first kappa shape index (κ1) is 21.0. The molecular formula is C17H19NO7S2. The highest BCUT2D eigenvalue weighted by atomic mass is 32.2. The molecule has 1 saturated heterocycles. The fraction of sp³-hybridized carbons (Fsp3) is 0.353. The van der Waals surface area contributed by atoms with E-state index in [0.29, 0.717) is 11.4 Å². The van der Waals surface area contributed by atoms with Crippen molar-refractivity contribution in [2.24, 2.45) is 0 Å². The molecule has 0 N–H and O–H groups in total. The van der Waals surface area contributed by atoms with E-state index in [1.54, 1.807) is 6.07 Å². The zero-order chi connectivity index (χ0) is 20.0. The molecule has 0 aromatic heterocycles. The number of nitrogens with zero attached hydrogens (tertiary/aromatic N) is 1. The Morgan fingerprint density at radius 2 is 2.00 bits per heavy atom. The first-order chi connectivity index (χ1) is 12.7. The maximum absolute atomic E-state index is 12.2. The van der Waals surface area contributed by atoms with Crippen LogP contribution in [0.5, 0.6) is 0 Å². The summed E-state index contributed by atoms with van der Waals surface area (Å²) in [5.41, 5.74) is -0.0286. The molecule has 1 aliphatic rings. The number of carbonyl (C=O) groups is 3. The molecule has 0 radical (unpaired) electrons. The third-order valence-electron chi connectivity index (χ3n) is 3.62. The van der Waals surface area contributed by atoms with E-state index in [4.69, 9.17) is 4.74 Å². The minimum absolute atomic E-state index is 0.00309. The number of benzene rings is 1. The Labute approximate surface area is 161 Å². The van der Waals surface area contributed by atoms with Crippen molar-refractivity contribution in [2.45, 2.75) is 11.3 Å². The summed E-state index contributed by atoms with van der Waals surface area (Å²) in [5, 5.41) is 0.487. The fourth-order valence-electron chi connectivity index (χ4n) is 2.35. The first-order valence-electron chi connectivity index (χ1n) is 7.93. The number of amides is 1. The van der Waals surface area contributed by atoms with Crippen LogP contribution < -0.4 is 0 Å². The molecule has 27 heavy (non-hydrogen) atoms. The van der Waals surface area contributed by atoms with Gasteiger partial charge < -0.3 is 14.4 Å². The van der Waals surface area contributed by atoms with Crippen LogP contribution in [0.25, 0.3) is 0 Å². The van der Waals surface area contributed by atoms with Gasteiger partial charge in [-0.05, 0) is 18.6 Å². The molecule has 1 aromatic carbocycles. The summed E-state index contributed by atoms with van der Waals surface area (Å²) in [6, 6.07) is 5.81. The lowest BCUT2D eigenvalue weighted by Crippen LogP contribution is -2.27. The Balaban J connectivity index is 1.94. The van der Waals surface area contributed by atoms with Gasteiger partial charge in [-0.25, -0.2) is 18.0 Å². The van der Waals surface area contributed by atoms with E-state index >= 15 is 0 Å². The minimum atomic E-state index is -3.56. The first-order valence-corrected chi connectivity index (χ1v) is 10.8. The SMILES string of the molecule is COC(=O)/C=C1/SCC(=O)N1CCCOC(=O)c1ccccc1S(C)(=O)=O. The van der Waals surface area contributed by atoms with Crippen molar-refractivity contribution in [1.82, 2.24) is 4.90 Å². The molecule has 1 aliphatic heterocycles. The molecule has 0 unspecified atom stereocenters. The number of esters is 2. The van der Waals surface area contributed by atoms with Crippen molar-refractivity contribution in [3.05, 3.63) is 40.9 Å². The van der Waals surface area contributed by atoms with Gasteiger partial charge in [0.15, 0.2) is 9.84 Å². The van der Waals surface area contributed by atoms with Gasteiger partial charge in [0.25, 0.3) is 0 Å². The number of thioether (sulfide) groups is 1. The zero-order valence-corrected chi connectivity index (χ0v) is 16.5. The van der Waals surface area contributed by atoms with Gasteiger partial charge in [-0.3, -0.25) is 4.79 Å². The third-order valence-corrected chi connectivity index (χ3v) is 5.80. The van der Waals surface area contributed by atoms with Crippen molar-refractivity contribution in [2.75, 3.05) is 32.3 Å². The van der Waals surface area contributed by atoms with Crippen LogP contribution in [0.2, 0.25) is 0 Å². The number of rotatable bonds is 7. The normalized spacial score (nSPS) is 15.9. The van der Waals surface area contributed by atoms with Crippen LogP contribution in [0.1, 0.15) is 16.8 Å². The molecule has 0 spiro atoms. The van der Waals surface area contributed by atoms with Gasteiger partial charge in [0, 0.05) is 12.8 Å². The summed E-state index contributed by atoms with van der Waals surface area (Å²) >= 11 is 1.23. The molecular weight excluding hydrogens is 394 g/mol. The molecule has 1 heterocycles. The number of hydrogen-bond donors (Lipinski definition) is 0. The van der Waals surface area contributed by atoms with Gasteiger partial charge in [0.1, 0.15) is 0 Å². The lowest BCUT2D eigenvalue weighted by atomic mass is 10.2. The molecule has 0 saturated carbocycles. The van der Waals surface area contributed by atoms with Crippen LogP contribution in [0.4, 0.5) is 0 Å². The highest BCUT2D eigenvalue weighted by molar-refractivity contribution is 8.04. The number of sulfone groups is 1. The van der Waals surface area contributed by atoms with Crippen LogP contribution in [-0.4, -0.2) is 63.4 Å². The number of carbonyl (C=O) groups excluding carboxylic acids is 3. The second-order valence-electron chi connectivity index (χ2n) is 5.60. The Kier molecular flexibility index (Phi) is 7.03. The molecule has 146 valence electrons. The highest BCUT2D eigenvalue weighted by Crippen LogP contribution is 2.28. The Morgan fingerprint density at radius 3 is 2.67 bits per heavy atom. The topological polar surface area (TPSA) is 107 Å². The van der Waals surface area contributed by atoms with E-state index < -0.39 is 21.8 Å². The van der Waals surface area contributed by atoms with Crippen molar-refractivity contribution >= 4 is 39.4 Å². The van der Waals surface area contributed by atoms with E-state index in [1.807, 2.05) is 0 Å². The molecule has 10 heteroatoms. The smallest absolute Gasteiger partial charge is 0.339 e. The van der Waals surface area contributed by atoms with E-state index in [0.717, 1.165) is 6.26 Å². The van der Waals surface area contributed by atoms with E-state index in [2.05, 4.69) is 4.74 Å². The van der Waals surface area contributed by atoms with Crippen LogP contribution in [-0.2, 0) is 28.9 Å². The van der Waals surface area contributed by atoms with E-state index in [-0.39, 0.29) is 35.3 Å². The summed E-state index contributed by atoms with van der Waals surface area (Å²) in [4.78, 5) is 36.8. The average Bonchev–Trinajstić information content (AvgIpc) is 2.97. The predicted octanol–water partition coefficient (Wildman–Crippen LogP) is 1.23. The van der Waals surface area contributed by atoms with Gasteiger partial charge in [0.2, 0.25) is 5.91 Å². The average molecular weight is 413 g/mol. The van der Waals surface area contributed by atoms with Crippen LogP contribution in [0, 0.1) is 0 Å². The molecule has 1 amide bonds. The van der Waals surface area contributed by atoms with E-state index in [9.17, 15) is 22.8 Å². The molecule has 0 aliphatic carbocycles. The van der Waals surface area contributed by atoms with Gasteiger partial charge >= 0.3 is 11.9 Å². The number of ether oxygens (including phenoxy) is 2. The Bertz CT molecular complexity index is 877. The fourth-order valence-corrected chi connectivity index (χ4v) is 4.18. The number of methoxy groups -OCH3 is 1. The monoisotopic (exact) mass is 413 g/mol. The van der Waals surface area contributed by atoms with Gasteiger partial charge in [-0.1, -0.05) is 23.9 Å². The summed E-state index contributed by atoms with van der Waals surface area (Å²) in [7, 11) is -2.31. The molecule has 0 bridgehead atoms. The third kappa shape index (κ3) is 5.57. The summed E-state index contributed by atoms with van der Waals surface area (Å²) in [6.45, 7) is 0.256. The lowest BCUT2D eigenvalue weighted by molar-refractivity contribution is -0.134. The molecule has 1 fully saturated rings. The van der Waals surface area contributed by atoms with Crippen LogP contribution >= 0.6 is 11.8 Å². The summed E-state index contributed by atoms with van der Waals surface area (Å²) in [6.07, 6.45) is 2.59. The Morgan fingerprint density at radius 1 is 1.30 bits per heavy atom. The Hall–Kier alpha value is -2.33. The second kappa shape index (κ2) is 9.05. The predicted molar refractivity (Wildman–Crippen MR) is 98.7 cm³/mol. The molecule has 8 nitrogen and oxygen atoms in total. The highest BCUT2D eigenvalue weighted by Gasteiger charge is 2.27. The molecule has 0 atom stereocenters. The lowest BCUT2D eigenvalue weighted by Gasteiger charge is -2.16. The van der Waals surface area contributed by atoms with Gasteiger partial charge in [-0.2, -0.15) is 0 Å². The zero-order valence-electron chi connectivity index (χ0n) is 14.8. The minimum Gasteiger partial charge on any atom is -0.466 e. The summed E-state index contributed by atoms with van der Waals surface area (Å²) < 4.78 is 33.2. The van der Waals surface area contributed by atoms with Crippen molar-refractivity contribution in [3.63, 3.8) is 0 Å². The van der Waals surface area contributed by atoms with Crippen LogP contribution in [0.15, 0.2) is 40.3 Å². The van der Waals surface area contributed by atoms with Crippen molar-refractivity contribution < 1.29 is 32.3 Å². The van der Waals surface area contributed by atoms with Gasteiger partial charge in [-0.15, -0.1) is 0 Å². The standard InChI is InChI=1S/C17H19NO7S2/c1-24-16(20)10-15-18(14(19)11-26-15)8-5-9-25-17(21)12-6-3-4-7-13(12)27(2,22)23/h3-4,6-7,10H,5,8-9,11H2,1-2H3/b15-10+. The molecule has 2 rings (SSSR count). The quantitative estimate of drug-likeness (QED) is 0.373. The number of hydrogen-bond acceptors (Lipinski definition) is 8. The van der Waals surface area contributed by atoms with Crippen LogP contribution in [0.3, 0.4) is 0 Å². The van der Waals surface area contributed by atoms with Crippen molar-refractivity contribution in [3.8, 4) is 0 Å². The van der Waals surface area contributed by atoms with E-state index in [1.165, 1.54) is 48.0 Å². The second-order valence-corrected chi connectivity index (χ2v) is 8.58. The van der Waals surface area contributed by atoms with Crippen molar-refractivity contribution in [1.29, 1.82) is 0 Å². The van der Waals surface area contributed by atoms with Gasteiger partial charge in [0.05, 0.1) is 41.0 Å².